The van der Waals surface area contributed by atoms with Gasteiger partial charge in [-0.25, -0.2) is 0 Å². The largest absolute Gasteiger partial charge is 0.143 e. The van der Waals surface area contributed by atoms with E-state index in [-0.39, 0.29) is 11.1 Å². The Labute approximate surface area is 107 Å². The van der Waals surface area contributed by atoms with Crippen molar-refractivity contribution in [3.63, 3.8) is 0 Å². The lowest BCUT2D eigenvalue weighted by atomic mass is 9.73. The molecular weight excluding hydrogens is 210 g/mol. The van der Waals surface area contributed by atoms with Crippen LogP contribution in [0.1, 0.15) is 73.6 Å². The molecule has 1 heterocycles. The van der Waals surface area contributed by atoms with Gasteiger partial charge < -0.3 is 0 Å². The van der Waals surface area contributed by atoms with Crippen LogP contribution in [0.15, 0.2) is 0 Å². The van der Waals surface area contributed by atoms with Crippen LogP contribution in [-0.2, 0) is 5.21 Å². The predicted molar refractivity (Wildman–Crippen MR) is 72.1 cm³/mol. The van der Waals surface area contributed by atoms with Crippen LogP contribution in [0.25, 0.3) is 0 Å². The molecule has 1 unspecified atom stereocenters. The van der Waals surface area contributed by atoms with Gasteiger partial charge in [-0.05, 0) is 43.9 Å². The summed E-state index contributed by atoms with van der Waals surface area (Å²) in [4.78, 5) is 0. The summed E-state index contributed by atoms with van der Waals surface area (Å²) in [6.07, 6.45) is 5.02. The van der Waals surface area contributed by atoms with E-state index in [0.717, 1.165) is 32.1 Å². The van der Waals surface area contributed by atoms with Gasteiger partial charge in [-0.2, -0.15) is 0 Å². The average Bonchev–Trinajstić information content (AvgIpc) is 2.60. The van der Waals surface area contributed by atoms with Gasteiger partial charge in [0.1, 0.15) is 0 Å². The molecule has 1 aliphatic heterocycles. The molecule has 2 heteroatoms. The third-order valence-electron chi connectivity index (χ3n) is 5.47. The fraction of sp³-hybridized carbons (Fsp3) is 1.00. The average molecular weight is 240 g/mol. The van der Waals surface area contributed by atoms with Crippen molar-refractivity contribution in [2.24, 2.45) is 11.8 Å². The van der Waals surface area contributed by atoms with Crippen LogP contribution in [0.4, 0.5) is 0 Å². The summed E-state index contributed by atoms with van der Waals surface area (Å²) in [6, 6.07) is 0. The third-order valence-corrected chi connectivity index (χ3v) is 5.47. The summed E-state index contributed by atoms with van der Waals surface area (Å²) in [5, 5.41) is 14.4. The van der Waals surface area contributed by atoms with Crippen LogP contribution in [0, 0.1) is 11.8 Å². The van der Waals surface area contributed by atoms with Gasteiger partial charge in [-0.3, -0.25) is 0 Å². The zero-order chi connectivity index (χ0) is 13.3. The maximum absolute atomic E-state index is 12.9. The van der Waals surface area contributed by atoms with E-state index < -0.39 is 0 Å². The minimum atomic E-state index is -0.111. The first-order chi connectivity index (χ1) is 7.94. The predicted octanol–water partition coefficient (Wildman–Crippen LogP) is 4.43. The fourth-order valence-corrected chi connectivity index (χ4v) is 4.05. The van der Waals surface area contributed by atoms with Crippen LogP contribution in [0.3, 0.4) is 0 Å². The number of rotatable bonds is 5. The van der Waals surface area contributed by atoms with Gasteiger partial charge in [-0.1, -0.05) is 41.5 Å². The van der Waals surface area contributed by atoms with Crippen molar-refractivity contribution >= 4 is 0 Å². The van der Waals surface area contributed by atoms with Crippen LogP contribution in [0.2, 0.25) is 0 Å². The van der Waals surface area contributed by atoms with Crippen molar-refractivity contribution < 1.29 is 5.21 Å². The summed E-state index contributed by atoms with van der Waals surface area (Å²) < 4.78 is 0. The SMILES string of the molecule is CCC1(CC)CC(C(C)C)C(CC)(CC)N1[O]. The summed E-state index contributed by atoms with van der Waals surface area (Å²) >= 11 is 0. The molecule has 1 aliphatic rings. The molecule has 0 aromatic heterocycles. The van der Waals surface area contributed by atoms with E-state index in [1.165, 1.54) is 5.06 Å². The number of nitrogens with zero attached hydrogens (tertiary/aromatic N) is 1. The molecule has 0 spiro atoms. The zero-order valence-corrected chi connectivity index (χ0v) is 12.5. The van der Waals surface area contributed by atoms with Crippen LogP contribution < -0.4 is 0 Å². The highest BCUT2D eigenvalue weighted by molar-refractivity contribution is 5.08. The van der Waals surface area contributed by atoms with Crippen molar-refractivity contribution in [1.82, 2.24) is 5.06 Å². The molecule has 1 radical (unpaired) electrons. The first-order valence-electron chi connectivity index (χ1n) is 7.41. The van der Waals surface area contributed by atoms with Gasteiger partial charge in [-0.15, -0.1) is 10.3 Å². The maximum atomic E-state index is 12.9. The highest BCUT2D eigenvalue weighted by atomic mass is 16.5. The molecule has 0 aromatic rings. The molecule has 2 nitrogen and oxygen atoms in total. The molecular formula is C15H30NO. The van der Waals surface area contributed by atoms with Crippen molar-refractivity contribution in [2.75, 3.05) is 0 Å². The molecule has 0 saturated carbocycles. The van der Waals surface area contributed by atoms with Crippen LogP contribution in [-0.4, -0.2) is 16.1 Å². The molecule has 0 N–H and O–H groups in total. The molecule has 0 aromatic carbocycles. The van der Waals surface area contributed by atoms with Crippen molar-refractivity contribution in [2.45, 2.75) is 84.7 Å². The molecule has 1 saturated heterocycles. The van der Waals surface area contributed by atoms with Gasteiger partial charge in [0, 0.05) is 5.54 Å². The second-order valence-corrected chi connectivity index (χ2v) is 6.09. The highest BCUT2D eigenvalue weighted by Gasteiger charge is 2.58. The Balaban J connectivity index is 3.17. The van der Waals surface area contributed by atoms with E-state index >= 15 is 0 Å². The Morgan fingerprint density at radius 3 is 1.76 bits per heavy atom. The molecule has 1 fully saturated rings. The third kappa shape index (κ3) is 2.04. The van der Waals surface area contributed by atoms with E-state index in [0.29, 0.717) is 11.8 Å². The second-order valence-electron chi connectivity index (χ2n) is 6.09. The van der Waals surface area contributed by atoms with E-state index in [2.05, 4.69) is 41.5 Å². The normalized spacial score (nSPS) is 27.9. The Kier molecular flexibility index (Phi) is 4.65. The zero-order valence-electron chi connectivity index (χ0n) is 12.5. The molecule has 1 rings (SSSR count). The Hall–Kier alpha value is -0.0800. The summed E-state index contributed by atoms with van der Waals surface area (Å²) in [5.74, 6) is 1.15. The molecule has 0 aliphatic carbocycles. The van der Waals surface area contributed by atoms with Gasteiger partial charge in [0.15, 0.2) is 0 Å². The molecule has 17 heavy (non-hydrogen) atoms. The molecule has 101 valence electrons. The van der Waals surface area contributed by atoms with E-state index in [1.54, 1.807) is 0 Å². The lowest BCUT2D eigenvalue weighted by Gasteiger charge is -2.42. The van der Waals surface area contributed by atoms with E-state index in [1.807, 2.05) is 0 Å². The summed E-state index contributed by atoms with van der Waals surface area (Å²) in [5.41, 5.74) is -0.207. The number of hydroxylamine groups is 2. The monoisotopic (exact) mass is 240 g/mol. The Bertz CT molecular complexity index is 237. The standard InChI is InChI=1S/C15H30NO/c1-7-14(8-2)11-13(12(5)6)15(9-3,10-4)16(14)17/h12-13H,7-11H2,1-6H3. The summed E-state index contributed by atoms with van der Waals surface area (Å²) in [7, 11) is 0. The maximum Gasteiger partial charge on any atom is 0.0526 e. The minimum absolute atomic E-state index is 0.0963. The van der Waals surface area contributed by atoms with Crippen LogP contribution in [0.5, 0.6) is 0 Å². The lowest BCUT2D eigenvalue weighted by molar-refractivity contribution is -0.269. The lowest BCUT2D eigenvalue weighted by Crippen LogP contribution is -2.52. The first kappa shape index (κ1) is 15.0. The molecule has 0 bridgehead atoms. The van der Waals surface area contributed by atoms with Gasteiger partial charge in [0.2, 0.25) is 0 Å². The van der Waals surface area contributed by atoms with Gasteiger partial charge in [0.25, 0.3) is 0 Å². The number of hydrogen-bond donors (Lipinski definition) is 0. The van der Waals surface area contributed by atoms with E-state index in [4.69, 9.17) is 0 Å². The Morgan fingerprint density at radius 2 is 1.53 bits per heavy atom. The van der Waals surface area contributed by atoms with Crippen molar-refractivity contribution in [3.05, 3.63) is 0 Å². The smallest absolute Gasteiger partial charge is 0.0526 e. The number of hydrogen-bond acceptors (Lipinski definition) is 1. The molecule has 1 atom stereocenters. The second kappa shape index (κ2) is 5.27. The topological polar surface area (TPSA) is 23.1 Å². The van der Waals surface area contributed by atoms with Crippen LogP contribution >= 0.6 is 0 Å². The van der Waals surface area contributed by atoms with Gasteiger partial charge in [0.05, 0.1) is 5.54 Å². The fourth-order valence-electron chi connectivity index (χ4n) is 4.05. The van der Waals surface area contributed by atoms with Gasteiger partial charge >= 0.3 is 0 Å². The van der Waals surface area contributed by atoms with E-state index in [9.17, 15) is 5.21 Å². The molecule has 0 amide bonds. The quantitative estimate of drug-likeness (QED) is 0.697. The highest BCUT2D eigenvalue weighted by Crippen LogP contribution is 2.53. The van der Waals surface area contributed by atoms with Crippen molar-refractivity contribution in [1.29, 1.82) is 0 Å². The van der Waals surface area contributed by atoms with Crippen molar-refractivity contribution in [3.8, 4) is 0 Å². The summed E-state index contributed by atoms with van der Waals surface area (Å²) in [6.45, 7) is 13.3. The Morgan fingerprint density at radius 1 is 1.06 bits per heavy atom. The minimum Gasteiger partial charge on any atom is -0.143 e. The first-order valence-corrected chi connectivity index (χ1v) is 7.41.